The van der Waals surface area contributed by atoms with Gasteiger partial charge in [-0.2, -0.15) is 0 Å². The molecule has 0 unspecified atom stereocenters. The summed E-state index contributed by atoms with van der Waals surface area (Å²) in [5, 5.41) is 0. The van der Waals surface area contributed by atoms with Crippen LogP contribution < -0.4 is 6.15 Å². The van der Waals surface area contributed by atoms with Crippen LogP contribution in [-0.4, -0.2) is 43.1 Å². The lowest BCUT2D eigenvalue weighted by Crippen LogP contribution is -2.14. The summed E-state index contributed by atoms with van der Waals surface area (Å²) in [4.78, 5) is 5.95. The maximum atomic E-state index is 5.53. The van der Waals surface area contributed by atoms with E-state index in [1.807, 2.05) is 19.0 Å². The second-order valence-corrected chi connectivity index (χ2v) is 2.81. The SMILES string of the molecule is CN(C)C=NC(CCl)CCl.N. The molecule has 0 aromatic carbocycles. The molecule has 11 heavy (non-hydrogen) atoms. The van der Waals surface area contributed by atoms with Crippen LogP contribution in [0.4, 0.5) is 0 Å². The fourth-order valence-corrected chi connectivity index (χ4v) is 0.838. The highest BCUT2D eigenvalue weighted by atomic mass is 35.5. The van der Waals surface area contributed by atoms with Crippen molar-refractivity contribution in [3.05, 3.63) is 0 Å². The molecule has 0 aromatic heterocycles. The monoisotopic (exact) mass is 199 g/mol. The first-order valence-electron chi connectivity index (χ1n) is 3.02. The van der Waals surface area contributed by atoms with Crippen LogP contribution in [0.1, 0.15) is 0 Å². The van der Waals surface area contributed by atoms with Gasteiger partial charge >= 0.3 is 0 Å². The van der Waals surface area contributed by atoms with Crippen LogP contribution in [0.15, 0.2) is 4.99 Å². The smallest absolute Gasteiger partial charge is 0.0849 e. The third kappa shape index (κ3) is 7.91. The predicted molar refractivity (Wildman–Crippen MR) is 52.4 cm³/mol. The van der Waals surface area contributed by atoms with Crippen LogP contribution in [0.25, 0.3) is 0 Å². The van der Waals surface area contributed by atoms with E-state index in [1.165, 1.54) is 0 Å². The first-order valence-corrected chi connectivity index (χ1v) is 4.09. The highest BCUT2D eigenvalue weighted by Gasteiger charge is 1.99. The average Bonchev–Trinajstić information content (AvgIpc) is 1.90. The van der Waals surface area contributed by atoms with E-state index in [4.69, 9.17) is 23.2 Å². The summed E-state index contributed by atoms with van der Waals surface area (Å²) in [6.07, 6.45) is 1.72. The third-order valence-corrected chi connectivity index (χ3v) is 1.58. The Labute approximate surface area is 78.0 Å². The lowest BCUT2D eigenvalue weighted by molar-refractivity contribution is 0.633. The zero-order valence-corrected chi connectivity index (χ0v) is 8.44. The normalized spacial score (nSPS) is 10.3. The molecule has 0 aliphatic rings. The zero-order chi connectivity index (χ0) is 7.98. The molecule has 0 aromatic rings. The summed E-state index contributed by atoms with van der Waals surface area (Å²) in [6.45, 7) is 0. The molecule has 0 atom stereocenters. The lowest BCUT2D eigenvalue weighted by atomic mass is 10.4. The van der Waals surface area contributed by atoms with Crippen molar-refractivity contribution in [2.75, 3.05) is 25.9 Å². The standard InChI is InChI=1S/C6H12Cl2N2.H3N/c1-10(2)5-9-6(3-7)4-8;/h5-6H,3-4H2,1-2H3;1H3. The van der Waals surface area contributed by atoms with Crippen molar-refractivity contribution in [1.82, 2.24) is 11.1 Å². The molecule has 0 saturated heterocycles. The number of nitrogens with zero attached hydrogens (tertiary/aromatic N) is 2. The van der Waals surface area contributed by atoms with E-state index in [-0.39, 0.29) is 12.2 Å². The molecule has 0 aliphatic heterocycles. The Kier molecular flexibility index (Phi) is 10.0. The number of aliphatic imine (C=N–C) groups is 1. The van der Waals surface area contributed by atoms with Crippen molar-refractivity contribution in [3.8, 4) is 0 Å². The fraction of sp³-hybridized carbons (Fsp3) is 0.833. The van der Waals surface area contributed by atoms with E-state index < -0.39 is 0 Å². The summed E-state index contributed by atoms with van der Waals surface area (Å²) in [5.74, 6) is 0.960. The van der Waals surface area contributed by atoms with Gasteiger partial charge in [0, 0.05) is 25.9 Å². The van der Waals surface area contributed by atoms with Crippen LogP contribution in [0.3, 0.4) is 0 Å². The Morgan fingerprint density at radius 3 is 2.09 bits per heavy atom. The number of rotatable bonds is 4. The van der Waals surface area contributed by atoms with Crippen molar-refractivity contribution >= 4 is 29.5 Å². The highest BCUT2D eigenvalue weighted by molar-refractivity contribution is 6.21. The topological polar surface area (TPSA) is 50.6 Å². The van der Waals surface area contributed by atoms with Crippen molar-refractivity contribution in [3.63, 3.8) is 0 Å². The maximum absolute atomic E-state index is 5.53. The predicted octanol–water partition coefficient (Wildman–Crippen LogP) is 1.58. The van der Waals surface area contributed by atoms with Gasteiger partial charge in [0.15, 0.2) is 0 Å². The van der Waals surface area contributed by atoms with Gasteiger partial charge in [0.25, 0.3) is 0 Å². The molecular weight excluding hydrogens is 185 g/mol. The Balaban J connectivity index is 0. The highest BCUT2D eigenvalue weighted by Crippen LogP contribution is 1.96. The van der Waals surface area contributed by atoms with Crippen LogP contribution in [0, 0.1) is 0 Å². The number of hydrogen-bond donors (Lipinski definition) is 1. The number of hydrogen-bond acceptors (Lipinski definition) is 2. The number of halogens is 2. The summed E-state index contributed by atoms with van der Waals surface area (Å²) >= 11 is 11.1. The minimum absolute atomic E-state index is 0. The van der Waals surface area contributed by atoms with Gasteiger partial charge in [0.05, 0.1) is 12.4 Å². The van der Waals surface area contributed by atoms with E-state index in [0.717, 1.165) is 0 Å². The van der Waals surface area contributed by atoms with E-state index in [0.29, 0.717) is 11.8 Å². The molecule has 0 saturated carbocycles. The van der Waals surface area contributed by atoms with E-state index >= 15 is 0 Å². The van der Waals surface area contributed by atoms with Crippen molar-refractivity contribution in [2.24, 2.45) is 4.99 Å². The summed E-state index contributed by atoms with van der Waals surface area (Å²) in [6, 6.07) is 0.0470. The second kappa shape index (κ2) is 8.11. The number of alkyl halides is 2. The molecule has 0 radical (unpaired) electrons. The Morgan fingerprint density at radius 2 is 1.82 bits per heavy atom. The minimum atomic E-state index is 0. The van der Waals surface area contributed by atoms with Crippen molar-refractivity contribution in [1.29, 1.82) is 0 Å². The Morgan fingerprint density at radius 1 is 1.36 bits per heavy atom. The van der Waals surface area contributed by atoms with Crippen molar-refractivity contribution < 1.29 is 0 Å². The molecule has 0 rings (SSSR count). The summed E-state index contributed by atoms with van der Waals surface area (Å²) in [5.41, 5.74) is 0. The van der Waals surface area contributed by atoms with Gasteiger partial charge < -0.3 is 11.1 Å². The molecular formula is C6H15Cl2N3. The quantitative estimate of drug-likeness (QED) is 0.425. The van der Waals surface area contributed by atoms with Gasteiger partial charge in [0.1, 0.15) is 0 Å². The third-order valence-electron chi connectivity index (χ3n) is 0.865. The molecule has 68 valence electrons. The molecule has 0 bridgehead atoms. The van der Waals surface area contributed by atoms with Crippen LogP contribution in [0.5, 0.6) is 0 Å². The van der Waals surface area contributed by atoms with Crippen LogP contribution in [-0.2, 0) is 0 Å². The molecule has 0 aliphatic carbocycles. The Hall–Kier alpha value is 0.01000. The minimum Gasteiger partial charge on any atom is -0.369 e. The van der Waals surface area contributed by atoms with Crippen LogP contribution in [0.2, 0.25) is 0 Å². The zero-order valence-electron chi connectivity index (χ0n) is 6.93. The Bertz CT molecular complexity index is 102. The molecule has 5 heteroatoms. The van der Waals surface area contributed by atoms with Gasteiger partial charge in [-0.05, 0) is 0 Å². The fourth-order valence-electron chi connectivity index (χ4n) is 0.349. The second-order valence-electron chi connectivity index (χ2n) is 2.19. The molecule has 0 amide bonds. The molecule has 3 N–H and O–H groups in total. The van der Waals surface area contributed by atoms with Gasteiger partial charge in [-0.1, -0.05) is 0 Å². The molecule has 3 nitrogen and oxygen atoms in total. The molecule has 0 heterocycles. The molecule has 0 spiro atoms. The lowest BCUT2D eigenvalue weighted by Gasteiger charge is -2.06. The first kappa shape index (κ1) is 13.6. The maximum Gasteiger partial charge on any atom is 0.0849 e. The largest absolute Gasteiger partial charge is 0.369 e. The average molecular weight is 200 g/mol. The van der Waals surface area contributed by atoms with Gasteiger partial charge in [-0.15, -0.1) is 23.2 Å². The summed E-state index contributed by atoms with van der Waals surface area (Å²) < 4.78 is 0. The summed E-state index contributed by atoms with van der Waals surface area (Å²) in [7, 11) is 3.81. The van der Waals surface area contributed by atoms with Crippen molar-refractivity contribution in [2.45, 2.75) is 6.04 Å². The van der Waals surface area contributed by atoms with E-state index in [9.17, 15) is 0 Å². The van der Waals surface area contributed by atoms with Crippen LogP contribution >= 0.6 is 23.2 Å². The van der Waals surface area contributed by atoms with Gasteiger partial charge in [-0.3, -0.25) is 4.99 Å². The molecule has 0 fully saturated rings. The van der Waals surface area contributed by atoms with E-state index in [1.54, 1.807) is 6.34 Å². The first-order chi connectivity index (χ1) is 4.70. The van der Waals surface area contributed by atoms with E-state index in [2.05, 4.69) is 4.99 Å². The van der Waals surface area contributed by atoms with Gasteiger partial charge in [0.2, 0.25) is 0 Å². The van der Waals surface area contributed by atoms with Gasteiger partial charge in [-0.25, -0.2) is 0 Å².